The largest absolute Gasteiger partial charge is 0.331 e. The highest BCUT2D eigenvalue weighted by Crippen LogP contribution is 2.25. The minimum atomic E-state index is 0.560. The maximum absolute atomic E-state index is 4.24. The van der Waals surface area contributed by atoms with Crippen LogP contribution in [0.4, 0.5) is 5.69 Å². The molecular formula is C14H19N3. The number of hydrogen-bond donors (Lipinski definition) is 1. The summed E-state index contributed by atoms with van der Waals surface area (Å²) in [5, 5.41) is 3.58. The van der Waals surface area contributed by atoms with Crippen molar-refractivity contribution in [2.45, 2.75) is 25.3 Å². The molecule has 0 aliphatic carbocycles. The van der Waals surface area contributed by atoms with E-state index >= 15 is 0 Å². The first kappa shape index (κ1) is 10.8. The van der Waals surface area contributed by atoms with Crippen LogP contribution in [0.3, 0.4) is 0 Å². The summed E-state index contributed by atoms with van der Waals surface area (Å²) in [5.74, 6) is 0. The molecule has 2 aliphatic heterocycles. The third-order valence-electron chi connectivity index (χ3n) is 3.63. The molecule has 0 radical (unpaired) electrons. The van der Waals surface area contributed by atoms with Gasteiger partial charge < -0.3 is 10.2 Å². The quantitative estimate of drug-likeness (QED) is 0.843. The Balaban J connectivity index is 1.72. The van der Waals surface area contributed by atoms with Crippen LogP contribution in [0.5, 0.6) is 0 Å². The standard InChI is InChI=1S/C14H19N3/c1-2-8-16-14(3-1)12-4-6-13(7-5-12)17-10-9-15-11-17/h4-7,11,14,16H,1-3,8-10H2. The maximum Gasteiger partial charge on any atom is 0.0895 e. The first-order chi connectivity index (χ1) is 8.43. The molecule has 0 bridgehead atoms. The summed E-state index contributed by atoms with van der Waals surface area (Å²) in [6, 6.07) is 9.49. The molecule has 1 aromatic carbocycles. The second-order valence-corrected chi connectivity index (χ2v) is 4.81. The van der Waals surface area contributed by atoms with Crippen LogP contribution in [-0.2, 0) is 0 Å². The lowest BCUT2D eigenvalue weighted by Crippen LogP contribution is -2.26. The van der Waals surface area contributed by atoms with E-state index in [1.54, 1.807) is 0 Å². The molecule has 2 heterocycles. The molecule has 0 saturated carbocycles. The number of rotatable bonds is 2. The van der Waals surface area contributed by atoms with Crippen LogP contribution in [0.25, 0.3) is 0 Å². The molecule has 3 rings (SSSR count). The molecule has 1 fully saturated rings. The summed E-state index contributed by atoms with van der Waals surface area (Å²) in [5.41, 5.74) is 2.68. The van der Waals surface area contributed by atoms with Gasteiger partial charge in [0.05, 0.1) is 12.9 Å². The maximum atomic E-state index is 4.24. The zero-order valence-electron chi connectivity index (χ0n) is 10.1. The third-order valence-corrected chi connectivity index (χ3v) is 3.63. The van der Waals surface area contributed by atoms with Gasteiger partial charge in [0.25, 0.3) is 0 Å². The second-order valence-electron chi connectivity index (χ2n) is 4.81. The Labute approximate surface area is 103 Å². The second kappa shape index (κ2) is 4.88. The molecule has 90 valence electrons. The predicted molar refractivity (Wildman–Crippen MR) is 71.7 cm³/mol. The van der Waals surface area contributed by atoms with Crippen molar-refractivity contribution in [1.82, 2.24) is 5.32 Å². The van der Waals surface area contributed by atoms with E-state index in [9.17, 15) is 0 Å². The Bertz CT molecular complexity index is 390. The lowest BCUT2D eigenvalue weighted by atomic mass is 9.97. The number of nitrogens with one attached hydrogen (secondary N) is 1. The van der Waals surface area contributed by atoms with E-state index in [-0.39, 0.29) is 0 Å². The van der Waals surface area contributed by atoms with Crippen molar-refractivity contribution in [3.05, 3.63) is 29.8 Å². The van der Waals surface area contributed by atoms with Crippen molar-refractivity contribution in [2.24, 2.45) is 4.99 Å². The molecular weight excluding hydrogens is 210 g/mol. The molecule has 1 atom stereocenters. The number of hydrogen-bond acceptors (Lipinski definition) is 3. The van der Waals surface area contributed by atoms with Gasteiger partial charge in [0.2, 0.25) is 0 Å². The summed E-state index contributed by atoms with van der Waals surface area (Å²) in [4.78, 5) is 6.45. The zero-order valence-corrected chi connectivity index (χ0v) is 10.1. The van der Waals surface area contributed by atoms with Gasteiger partial charge in [0.1, 0.15) is 0 Å². The van der Waals surface area contributed by atoms with E-state index in [4.69, 9.17) is 0 Å². The lowest BCUT2D eigenvalue weighted by Gasteiger charge is -2.24. The Hall–Kier alpha value is -1.35. The van der Waals surface area contributed by atoms with Crippen LogP contribution in [0.15, 0.2) is 29.3 Å². The zero-order chi connectivity index (χ0) is 11.5. The minimum Gasteiger partial charge on any atom is -0.331 e. The van der Waals surface area contributed by atoms with Gasteiger partial charge in [-0.15, -0.1) is 0 Å². The van der Waals surface area contributed by atoms with Crippen molar-refractivity contribution in [3.8, 4) is 0 Å². The molecule has 0 amide bonds. The van der Waals surface area contributed by atoms with E-state index in [2.05, 4.69) is 39.5 Å². The van der Waals surface area contributed by atoms with E-state index in [0.717, 1.165) is 19.6 Å². The average Bonchev–Trinajstić information content (AvgIpc) is 2.94. The Morgan fingerprint density at radius 1 is 1.18 bits per heavy atom. The Kier molecular flexibility index (Phi) is 3.10. The highest BCUT2D eigenvalue weighted by atomic mass is 15.2. The highest BCUT2D eigenvalue weighted by molar-refractivity contribution is 5.80. The van der Waals surface area contributed by atoms with Crippen LogP contribution < -0.4 is 10.2 Å². The topological polar surface area (TPSA) is 27.6 Å². The first-order valence-corrected chi connectivity index (χ1v) is 6.53. The van der Waals surface area contributed by atoms with Gasteiger partial charge in [0.15, 0.2) is 0 Å². The SMILES string of the molecule is C1=NCCN1c1ccc(C2CCCCN2)cc1. The summed E-state index contributed by atoms with van der Waals surface area (Å²) in [7, 11) is 0. The molecule has 0 spiro atoms. The van der Waals surface area contributed by atoms with Gasteiger partial charge in [0, 0.05) is 18.3 Å². The molecule has 2 aliphatic rings. The molecule has 1 N–H and O–H groups in total. The van der Waals surface area contributed by atoms with E-state index < -0.39 is 0 Å². The van der Waals surface area contributed by atoms with Crippen molar-refractivity contribution < 1.29 is 0 Å². The summed E-state index contributed by atoms with van der Waals surface area (Å²) >= 11 is 0. The van der Waals surface area contributed by atoms with Gasteiger partial charge in [-0.2, -0.15) is 0 Å². The van der Waals surface area contributed by atoms with Crippen molar-refractivity contribution >= 4 is 12.0 Å². The molecule has 1 aromatic rings. The Morgan fingerprint density at radius 2 is 2.06 bits per heavy atom. The van der Waals surface area contributed by atoms with Crippen LogP contribution >= 0.6 is 0 Å². The summed E-state index contributed by atoms with van der Waals surface area (Å²) < 4.78 is 0. The first-order valence-electron chi connectivity index (χ1n) is 6.53. The number of nitrogens with zero attached hydrogens (tertiary/aromatic N) is 2. The number of benzene rings is 1. The van der Waals surface area contributed by atoms with E-state index in [1.165, 1.54) is 30.5 Å². The van der Waals surface area contributed by atoms with Gasteiger partial charge >= 0.3 is 0 Å². The summed E-state index contributed by atoms with van der Waals surface area (Å²) in [6.07, 6.45) is 5.87. The molecule has 1 saturated heterocycles. The van der Waals surface area contributed by atoms with Crippen LogP contribution in [0, 0.1) is 0 Å². The van der Waals surface area contributed by atoms with Gasteiger partial charge in [-0.1, -0.05) is 18.6 Å². The number of piperidine rings is 1. The molecule has 17 heavy (non-hydrogen) atoms. The molecule has 3 nitrogen and oxygen atoms in total. The predicted octanol–water partition coefficient (Wildman–Crippen LogP) is 2.35. The third kappa shape index (κ3) is 2.34. The van der Waals surface area contributed by atoms with Gasteiger partial charge in [-0.3, -0.25) is 4.99 Å². The van der Waals surface area contributed by atoms with Gasteiger partial charge in [-0.05, 0) is 37.1 Å². The van der Waals surface area contributed by atoms with Crippen molar-refractivity contribution in [3.63, 3.8) is 0 Å². The molecule has 0 aromatic heterocycles. The van der Waals surface area contributed by atoms with Crippen molar-refractivity contribution in [1.29, 1.82) is 0 Å². The fourth-order valence-corrected chi connectivity index (χ4v) is 2.61. The van der Waals surface area contributed by atoms with Crippen LogP contribution in [-0.4, -0.2) is 26.0 Å². The van der Waals surface area contributed by atoms with Crippen LogP contribution in [0.1, 0.15) is 30.9 Å². The molecule has 3 heteroatoms. The van der Waals surface area contributed by atoms with Gasteiger partial charge in [-0.25, -0.2) is 0 Å². The Morgan fingerprint density at radius 3 is 2.71 bits per heavy atom. The highest BCUT2D eigenvalue weighted by Gasteiger charge is 2.15. The normalized spacial score (nSPS) is 24.2. The van der Waals surface area contributed by atoms with E-state index in [1.807, 2.05) is 6.34 Å². The van der Waals surface area contributed by atoms with E-state index in [0.29, 0.717) is 6.04 Å². The fourth-order valence-electron chi connectivity index (χ4n) is 2.61. The average molecular weight is 229 g/mol. The fraction of sp³-hybridized carbons (Fsp3) is 0.500. The lowest BCUT2D eigenvalue weighted by molar-refractivity contribution is 0.412. The monoisotopic (exact) mass is 229 g/mol. The van der Waals surface area contributed by atoms with Crippen LogP contribution in [0.2, 0.25) is 0 Å². The summed E-state index contributed by atoms with van der Waals surface area (Å²) in [6.45, 7) is 3.10. The molecule has 1 unspecified atom stereocenters. The smallest absolute Gasteiger partial charge is 0.0895 e. The number of anilines is 1. The van der Waals surface area contributed by atoms with Crippen molar-refractivity contribution in [2.75, 3.05) is 24.5 Å². The minimum absolute atomic E-state index is 0.560. The number of aliphatic imine (C=N–C) groups is 1.